The molecule has 0 heterocycles. The van der Waals surface area contributed by atoms with Gasteiger partial charge >= 0.3 is 0 Å². The van der Waals surface area contributed by atoms with Crippen LogP contribution >= 0.6 is 0 Å². The predicted molar refractivity (Wildman–Crippen MR) is 60.2 cm³/mol. The molecule has 1 rings (SSSR count). The van der Waals surface area contributed by atoms with Gasteiger partial charge in [-0.15, -0.1) is 0 Å². The van der Waals surface area contributed by atoms with E-state index in [4.69, 9.17) is 0 Å². The molecule has 0 aromatic heterocycles. The van der Waals surface area contributed by atoms with Crippen LogP contribution in [-0.4, -0.2) is 5.78 Å². The van der Waals surface area contributed by atoms with Gasteiger partial charge in [0.1, 0.15) is 5.78 Å². The minimum atomic E-state index is -0.0972. The fourth-order valence-corrected chi connectivity index (χ4v) is 3.09. The molecule has 2 atom stereocenters. The van der Waals surface area contributed by atoms with Crippen molar-refractivity contribution in [2.45, 2.75) is 60.3 Å². The normalized spacial score (nSPS) is 36.8. The van der Waals surface area contributed by atoms with E-state index in [1.807, 2.05) is 6.92 Å². The summed E-state index contributed by atoms with van der Waals surface area (Å²) in [5, 5.41) is 0. The molecule has 1 nitrogen and oxygen atoms in total. The summed E-state index contributed by atoms with van der Waals surface area (Å²) in [4.78, 5) is 12.1. The summed E-state index contributed by atoms with van der Waals surface area (Å²) in [7, 11) is 0. The molecule has 0 aromatic rings. The molecule has 0 aromatic carbocycles. The monoisotopic (exact) mass is 196 g/mol. The quantitative estimate of drug-likeness (QED) is 0.656. The first-order valence-corrected chi connectivity index (χ1v) is 5.89. The van der Waals surface area contributed by atoms with Gasteiger partial charge in [0.15, 0.2) is 0 Å². The largest absolute Gasteiger partial charge is 0.299 e. The Hall–Kier alpha value is -0.330. The van der Waals surface area contributed by atoms with Gasteiger partial charge in [0.05, 0.1) is 0 Å². The Morgan fingerprint density at radius 3 is 2.36 bits per heavy atom. The van der Waals surface area contributed by atoms with Crippen LogP contribution in [0.1, 0.15) is 60.3 Å². The number of carbonyl (C=O) groups is 1. The van der Waals surface area contributed by atoms with Crippen molar-refractivity contribution in [1.82, 2.24) is 0 Å². The third-order valence-electron chi connectivity index (χ3n) is 4.73. The highest BCUT2D eigenvalue weighted by Crippen LogP contribution is 2.54. The van der Waals surface area contributed by atoms with Gasteiger partial charge in [-0.3, -0.25) is 4.79 Å². The second-order valence-electron chi connectivity index (χ2n) is 5.66. The Morgan fingerprint density at radius 2 is 1.93 bits per heavy atom. The Balaban J connectivity index is 3.05. The van der Waals surface area contributed by atoms with Gasteiger partial charge in [-0.05, 0) is 24.2 Å². The van der Waals surface area contributed by atoms with Crippen molar-refractivity contribution in [1.29, 1.82) is 0 Å². The zero-order valence-electron chi connectivity index (χ0n) is 10.3. The second kappa shape index (κ2) is 3.67. The van der Waals surface area contributed by atoms with E-state index in [1.54, 1.807) is 0 Å². The van der Waals surface area contributed by atoms with Gasteiger partial charge in [0.25, 0.3) is 0 Å². The van der Waals surface area contributed by atoms with Crippen molar-refractivity contribution in [3.05, 3.63) is 0 Å². The maximum absolute atomic E-state index is 12.1. The van der Waals surface area contributed by atoms with E-state index in [0.29, 0.717) is 18.1 Å². The lowest BCUT2D eigenvalue weighted by Gasteiger charge is -2.51. The summed E-state index contributed by atoms with van der Waals surface area (Å²) in [5.41, 5.74) is 0.0811. The van der Waals surface area contributed by atoms with E-state index in [2.05, 4.69) is 27.7 Å². The predicted octanol–water partition coefficient (Wildman–Crippen LogP) is 3.82. The van der Waals surface area contributed by atoms with Gasteiger partial charge in [0, 0.05) is 11.8 Å². The van der Waals surface area contributed by atoms with E-state index in [1.165, 1.54) is 19.3 Å². The van der Waals surface area contributed by atoms with Gasteiger partial charge in [-0.25, -0.2) is 0 Å². The van der Waals surface area contributed by atoms with E-state index < -0.39 is 0 Å². The molecule has 0 amide bonds. The lowest BCUT2D eigenvalue weighted by Crippen LogP contribution is -2.49. The summed E-state index contributed by atoms with van der Waals surface area (Å²) in [5.74, 6) is 0.994. The van der Waals surface area contributed by atoms with Crippen LogP contribution in [0.3, 0.4) is 0 Å². The van der Waals surface area contributed by atoms with Crippen LogP contribution in [0.4, 0.5) is 0 Å². The lowest BCUT2D eigenvalue weighted by molar-refractivity contribution is -0.142. The molecule has 0 bridgehead atoms. The number of carbonyl (C=O) groups excluding carboxylic acids is 1. The summed E-state index contributed by atoms with van der Waals surface area (Å²) >= 11 is 0. The van der Waals surface area contributed by atoms with Crippen LogP contribution in [0.25, 0.3) is 0 Å². The van der Waals surface area contributed by atoms with Gasteiger partial charge in [0.2, 0.25) is 0 Å². The van der Waals surface area contributed by atoms with E-state index in [0.717, 1.165) is 0 Å². The standard InChI is InChI=1S/C13H24O/c1-6-11(14)13(5)10(2)8-7-9-12(13,3)4/h10H,6-9H2,1-5H3. The van der Waals surface area contributed by atoms with Crippen molar-refractivity contribution in [2.75, 3.05) is 0 Å². The smallest absolute Gasteiger partial charge is 0.139 e. The topological polar surface area (TPSA) is 17.1 Å². The molecule has 1 fully saturated rings. The average Bonchev–Trinajstić information content (AvgIpc) is 2.12. The highest BCUT2D eigenvalue weighted by Gasteiger charge is 2.51. The number of hydrogen-bond acceptors (Lipinski definition) is 1. The molecule has 0 aliphatic heterocycles. The van der Waals surface area contributed by atoms with Crippen LogP contribution in [0, 0.1) is 16.7 Å². The lowest BCUT2D eigenvalue weighted by atomic mass is 9.52. The molecule has 1 aliphatic carbocycles. The Bertz CT molecular complexity index is 229. The molecule has 1 aliphatic rings. The Kier molecular flexibility index (Phi) is 3.08. The van der Waals surface area contributed by atoms with E-state index >= 15 is 0 Å². The highest BCUT2D eigenvalue weighted by molar-refractivity contribution is 5.85. The number of Topliss-reactive ketones (excluding diaryl/α,β-unsaturated/α-hetero) is 1. The molecule has 82 valence electrons. The van der Waals surface area contributed by atoms with Gasteiger partial charge in [-0.1, -0.05) is 41.0 Å². The maximum Gasteiger partial charge on any atom is 0.139 e. The Labute approximate surface area is 88.3 Å². The summed E-state index contributed by atoms with van der Waals surface area (Å²) < 4.78 is 0. The fourth-order valence-electron chi connectivity index (χ4n) is 3.09. The molecular weight excluding hydrogens is 172 g/mol. The van der Waals surface area contributed by atoms with Crippen molar-refractivity contribution in [3.63, 3.8) is 0 Å². The summed E-state index contributed by atoms with van der Waals surface area (Å²) in [6, 6.07) is 0. The molecule has 0 radical (unpaired) electrons. The molecule has 1 saturated carbocycles. The average molecular weight is 196 g/mol. The van der Waals surface area contributed by atoms with Crippen molar-refractivity contribution in [3.8, 4) is 0 Å². The number of ketones is 1. The number of rotatable bonds is 2. The highest BCUT2D eigenvalue weighted by atomic mass is 16.1. The molecule has 1 heteroatoms. The van der Waals surface area contributed by atoms with E-state index in [-0.39, 0.29) is 10.8 Å². The van der Waals surface area contributed by atoms with Crippen molar-refractivity contribution in [2.24, 2.45) is 16.7 Å². The number of hydrogen-bond donors (Lipinski definition) is 0. The van der Waals surface area contributed by atoms with Crippen LogP contribution in [0.15, 0.2) is 0 Å². The fraction of sp³-hybridized carbons (Fsp3) is 0.923. The third-order valence-corrected chi connectivity index (χ3v) is 4.73. The van der Waals surface area contributed by atoms with E-state index in [9.17, 15) is 4.79 Å². The first-order valence-electron chi connectivity index (χ1n) is 5.89. The first kappa shape index (κ1) is 11.7. The third kappa shape index (κ3) is 1.51. The van der Waals surface area contributed by atoms with Crippen molar-refractivity contribution < 1.29 is 4.79 Å². The SMILES string of the molecule is CCC(=O)C1(C)C(C)CCCC1(C)C. The molecular formula is C13H24O. The van der Waals surface area contributed by atoms with Crippen molar-refractivity contribution >= 4 is 5.78 Å². The maximum atomic E-state index is 12.1. The zero-order chi connectivity index (χ0) is 11.0. The van der Waals surface area contributed by atoms with Gasteiger partial charge in [-0.2, -0.15) is 0 Å². The summed E-state index contributed by atoms with van der Waals surface area (Å²) in [6.45, 7) is 10.9. The minimum Gasteiger partial charge on any atom is -0.299 e. The minimum absolute atomic E-state index is 0.0972. The van der Waals surface area contributed by atoms with Crippen LogP contribution in [0.2, 0.25) is 0 Å². The molecule has 2 unspecified atom stereocenters. The molecule has 14 heavy (non-hydrogen) atoms. The molecule has 0 N–H and O–H groups in total. The second-order valence-corrected chi connectivity index (χ2v) is 5.66. The molecule has 0 spiro atoms. The van der Waals surface area contributed by atoms with Crippen LogP contribution in [-0.2, 0) is 4.79 Å². The van der Waals surface area contributed by atoms with Gasteiger partial charge < -0.3 is 0 Å². The van der Waals surface area contributed by atoms with Crippen LogP contribution in [0.5, 0.6) is 0 Å². The zero-order valence-corrected chi connectivity index (χ0v) is 10.3. The molecule has 0 saturated heterocycles. The Morgan fingerprint density at radius 1 is 1.36 bits per heavy atom. The summed E-state index contributed by atoms with van der Waals surface area (Å²) in [6.07, 6.45) is 4.37. The van der Waals surface area contributed by atoms with Crippen LogP contribution < -0.4 is 0 Å². The first-order chi connectivity index (χ1) is 6.36.